The maximum Gasteiger partial charge on any atom is 0.0715 e. The molecule has 0 bridgehead atoms. The van der Waals surface area contributed by atoms with Gasteiger partial charge in [-0.3, -0.25) is 0 Å². The standard InChI is InChI=1S/C11H19N/c1-4-8-12-11(5-2)9(3)10-6-7-10/h2,9-12H,4,6-8H2,1,3H3. The van der Waals surface area contributed by atoms with Crippen LogP contribution in [0.3, 0.4) is 0 Å². The van der Waals surface area contributed by atoms with Gasteiger partial charge in [-0.05, 0) is 37.6 Å². The van der Waals surface area contributed by atoms with Crippen molar-refractivity contribution in [3.8, 4) is 12.3 Å². The molecule has 1 aliphatic carbocycles. The Labute approximate surface area is 75.9 Å². The molecular formula is C11H19N. The monoisotopic (exact) mass is 165 g/mol. The number of rotatable bonds is 5. The SMILES string of the molecule is C#CC(NCCC)C(C)C1CC1. The summed E-state index contributed by atoms with van der Waals surface area (Å²) in [6.45, 7) is 5.49. The van der Waals surface area contributed by atoms with Crippen molar-refractivity contribution >= 4 is 0 Å². The number of nitrogens with one attached hydrogen (secondary N) is 1. The zero-order valence-corrected chi connectivity index (χ0v) is 8.14. The Hall–Kier alpha value is -0.480. The third kappa shape index (κ3) is 2.53. The van der Waals surface area contributed by atoms with Crippen LogP contribution in [0.4, 0.5) is 0 Å². The number of terminal acetylenes is 1. The van der Waals surface area contributed by atoms with Gasteiger partial charge in [0.05, 0.1) is 6.04 Å². The van der Waals surface area contributed by atoms with Gasteiger partial charge in [-0.2, -0.15) is 0 Å². The van der Waals surface area contributed by atoms with E-state index < -0.39 is 0 Å². The molecule has 0 spiro atoms. The van der Waals surface area contributed by atoms with Crippen LogP contribution in [-0.2, 0) is 0 Å². The number of hydrogen-bond acceptors (Lipinski definition) is 1. The van der Waals surface area contributed by atoms with E-state index in [4.69, 9.17) is 6.42 Å². The van der Waals surface area contributed by atoms with Crippen LogP contribution in [0.25, 0.3) is 0 Å². The minimum Gasteiger partial charge on any atom is -0.303 e. The Balaban J connectivity index is 2.28. The normalized spacial score (nSPS) is 21.4. The predicted molar refractivity (Wildman–Crippen MR) is 52.8 cm³/mol. The van der Waals surface area contributed by atoms with E-state index in [1.54, 1.807) is 0 Å². The molecule has 2 unspecified atom stereocenters. The Morgan fingerprint density at radius 2 is 2.25 bits per heavy atom. The second kappa shape index (κ2) is 4.52. The highest BCUT2D eigenvalue weighted by Crippen LogP contribution is 2.37. The van der Waals surface area contributed by atoms with Crippen molar-refractivity contribution in [2.75, 3.05) is 6.54 Å². The molecule has 0 radical (unpaired) electrons. The highest BCUT2D eigenvalue weighted by molar-refractivity contribution is 5.04. The summed E-state index contributed by atoms with van der Waals surface area (Å²) in [4.78, 5) is 0. The van der Waals surface area contributed by atoms with Crippen molar-refractivity contribution in [1.29, 1.82) is 0 Å². The maximum atomic E-state index is 5.47. The van der Waals surface area contributed by atoms with Gasteiger partial charge < -0.3 is 5.32 Å². The molecule has 1 rings (SSSR count). The molecule has 1 fully saturated rings. The van der Waals surface area contributed by atoms with Gasteiger partial charge in [0, 0.05) is 0 Å². The lowest BCUT2D eigenvalue weighted by Gasteiger charge is -2.19. The van der Waals surface area contributed by atoms with Crippen LogP contribution in [0.2, 0.25) is 0 Å². The summed E-state index contributed by atoms with van der Waals surface area (Å²) in [5.41, 5.74) is 0. The zero-order chi connectivity index (χ0) is 8.97. The molecule has 2 atom stereocenters. The first-order chi connectivity index (χ1) is 5.79. The minimum atomic E-state index is 0.303. The summed E-state index contributed by atoms with van der Waals surface area (Å²) in [5, 5.41) is 3.40. The van der Waals surface area contributed by atoms with Crippen molar-refractivity contribution in [3.05, 3.63) is 0 Å². The minimum absolute atomic E-state index is 0.303. The van der Waals surface area contributed by atoms with Crippen molar-refractivity contribution in [2.45, 2.75) is 39.2 Å². The van der Waals surface area contributed by atoms with Gasteiger partial charge in [0.1, 0.15) is 0 Å². The zero-order valence-electron chi connectivity index (χ0n) is 8.14. The van der Waals surface area contributed by atoms with Gasteiger partial charge in [0.15, 0.2) is 0 Å². The van der Waals surface area contributed by atoms with Crippen LogP contribution in [0, 0.1) is 24.2 Å². The Bertz CT molecular complexity index is 164. The highest BCUT2D eigenvalue weighted by Gasteiger charge is 2.32. The van der Waals surface area contributed by atoms with Crippen molar-refractivity contribution in [3.63, 3.8) is 0 Å². The van der Waals surface area contributed by atoms with Crippen LogP contribution in [0.5, 0.6) is 0 Å². The fraction of sp³-hybridized carbons (Fsp3) is 0.818. The molecule has 0 saturated heterocycles. The van der Waals surface area contributed by atoms with E-state index in [0.717, 1.165) is 18.9 Å². The molecule has 1 aliphatic rings. The van der Waals surface area contributed by atoms with Crippen LogP contribution in [0.1, 0.15) is 33.1 Å². The summed E-state index contributed by atoms with van der Waals surface area (Å²) in [6, 6.07) is 0.303. The van der Waals surface area contributed by atoms with Gasteiger partial charge in [0.2, 0.25) is 0 Å². The third-order valence-corrected chi connectivity index (χ3v) is 2.69. The van der Waals surface area contributed by atoms with Crippen LogP contribution in [0.15, 0.2) is 0 Å². The molecule has 1 N–H and O–H groups in total. The van der Waals surface area contributed by atoms with Crippen LogP contribution >= 0.6 is 0 Å². The van der Waals surface area contributed by atoms with E-state index in [9.17, 15) is 0 Å². The molecule has 0 amide bonds. The smallest absolute Gasteiger partial charge is 0.0715 e. The Morgan fingerprint density at radius 3 is 2.67 bits per heavy atom. The average Bonchev–Trinajstić information content (AvgIpc) is 2.88. The van der Waals surface area contributed by atoms with Gasteiger partial charge in [-0.1, -0.05) is 19.8 Å². The molecule has 0 aliphatic heterocycles. The third-order valence-electron chi connectivity index (χ3n) is 2.69. The van der Waals surface area contributed by atoms with E-state index in [2.05, 4.69) is 25.1 Å². The van der Waals surface area contributed by atoms with Gasteiger partial charge in [0.25, 0.3) is 0 Å². The number of hydrogen-bond donors (Lipinski definition) is 1. The fourth-order valence-electron chi connectivity index (χ4n) is 1.59. The summed E-state index contributed by atoms with van der Waals surface area (Å²) < 4.78 is 0. The van der Waals surface area contributed by atoms with Crippen LogP contribution < -0.4 is 5.32 Å². The van der Waals surface area contributed by atoms with E-state index in [1.165, 1.54) is 12.8 Å². The van der Waals surface area contributed by atoms with Gasteiger partial charge >= 0.3 is 0 Å². The predicted octanol–water partition coefficient (Wildman–Crippen LogP) is 2.03. The molecule has 1 saturated carbocycles. The molecule has 0 aromatic rings. The summed E-state index contributed by atoms with van der Waals surface area (Å²) in [6.07, 6.45) is 9.39. The first kappa shape index (κ1) is 9.61. The average molecular weight is 165 g/mol. The quantitative estimate of drug-likeness (QED) is 0.615. The van der Waals surface area contributed by atoms with E-state index in [1.807, 2.05) is 0 Å². The second-order valence-electron chi connectivity index (χ2n) is 3.80. The molecule has 0 heterocycles. The van der Waals surface area contributed by atoms with Gasteiger partial charge in [-0.15, -0.1) is 6.42 Å². The van der Waals surface area contributed by atoms with E-state index in [-0.39, 0.29) is 0 Å². The molecular weight excluding hydrogens is 146 g/mol. The summed E-state index contributed by atoms with van der Waals surface area (Å²) >= 11 is 0. The molecule has 1 heteroatoms. The Morgan fingerprint density at radius 1 is 1.58 bits per heavy atom. The topological polar surface area (TPSA) is 12.0 Å². The highest BCUT2D eigenvalue weighted by atomic mass is 14.9. The molecule has 1 nitrogen and oxygen atoms in total. The summed E-state index contributed by atoms with van der Waals surface area (Å²) in [5.74, 6) is 4.41. The first-order valence-corrected chi connectivity index (χ1v) is 4.99. The van der Waals surface area contributed by atoms with Gasteiger partial charge in [-0.25, -0.2) is 0 Å². The lowest BCUT2D eigenvalue weighted by atomic mass is 9.97. The van der Waals surface area contributed by atoms with Crippen molar-refractivity contribution in [1.82, 2.24) is 5.32 Å². The molecule has 0 aromatic heterocycles. The fourth-order valence-corrected chi connectivity index (χ4v) is 1.59. The van der Waals surface area contributed by atoms with Crippen molar-refractivity contribution < 1.29 is 0 Å². The molecule has 12 heavy (non-hydrogen) atoms. The lowest BCUT2D eigenvalue weighted by Crippen LogP contribution is -2.35. The first-order valence-electron chi connectivity index (χ1n) is 4.99. The van der Waals surface area contributed by atoms with Crippen molar-refractivity contribution in [2.24, 2.45) is 11.8 Å². The lowest BCUT2D eigenvalue weighted by molar-refractivity contribution is 0.403. The molecule has 68 valence electrons. The maximum absolute atomic E-state index is 5.47. The largest absolute Gasteiger partial charge is 0.303 e. The van der Waals surface area contributed by atoms with E-state index >= 15 is 0 Å². The second-order valence-corrected chi connectivity index (χ2v) is 3.80. The summed E-state index contributed by atoms with van der Waals surface area (Å²) in [7, 11) is 0. The Kier molecular flexibility index (Phi) is 3.62. The molecule has 0 aromatic carbocycles. The van der Waals surface area contributed by atoms with E-state index in [0.29, 0.717) is 12.0 Å². The van der Waals surface area contributed by atoms with Crippen LogP contribution in [-0.4, -0.2) is 12.6 Å².